The van der Waals surface area contributed by atoms with Gasteiger partial charge in [0, 0.05) is 0 Å². The fourth-order valence-corrected chi connectivity index (χ4v) is 3.39. The van der Waals surface area contributed by atoms with Crippen molar-refractivity contribution in [1.29, 1.82) is 0 Å². The maximum atomic E-state index is 5.89. The second-order valence-electron chi connectivity index (χ2n) is 5.68. The molecule has 2 saturated carbocycles. The number of hydrogen-bond donors (Lipinski definition) is 1. The highest BCUT2D eigenvalue weighted by Crippen LogP contribution is 2.56. The normalized spacial score (nSPS) is 43.2. The summed E-state index contributed by atoms with van der Waals surface area (Å²) in [5, 5.41) is 0. The highest BCUT2D eigenvalue weighted by Gasteiger charge is 2.49. The van der Waals surface area contributed by atoms with Crippen LogP contribution in [0.5, 0.6) is 0 Å². The first kappa shape index (κ1) is 9.51. The van der Waals surface area contributed by atoms with E-state index in [2.05, 4.69) is 13.8 Å². The third kappa shape index (κ3) is 1.76. The quantitative estimate of drug-likeness (QED) is 0.696. The Balaban J connectivity index is 1.99. The fourth-order valence-electron chi connectivity index (χ4n) is 3.39. The lowest BCUT2D eigenvalue weighted by atomic mass is 9.70. The maximum Gasteiger partial charge on any atom is -0.00179 e. The van der Waals surface area contributed by atoms with Crippen LogP contribution in [-0.2, 0) is 0 Å². The van der Waals surface area contributed by atoms with Crippen molar-refractivity contribution in [2.75, 3.05) is 6.54 Å². The van der Waals surface area contributed by atoms with Crippen LogP contribution in [-0.4, -0.2) is 6.54 Å². The molecule has 76 valence electrons. The Morgan fingerprint density at radius 2 is 1.62 bits per heavy atom. The number of rotatable bonds is 2. The molecule has 0 heterocycles. The molecule has 2 rings (SSSR count). The van der Waals surface area contributed by atoms with Gasteiger partial charge in [-0.2, -0.15) is 0 Å². The van der Waals surface area contributed by atoms with Gasteiger partial charge in [-0.15, -0.1) is 0 Å². The molecular formula is C12H23N. The van der Waals surface area contributed by atoms with Crippen molar-refractivity contribution in [3.05, 3.63) is 0 Å². The third-order valence-electron chi connectivity index (χ3n) is 4.34. The van der Waals surface area contributed by atoms with Gasteiger partial charge in [0.15, 0.2) is 0 Å². The molecule has 2 atom stereocenters. The van der Waals surface area contributed by atoms with Crippen molar-refractivity contribution in [1.82, 2.24) is 0 Å². The summed E-state index contributed by atoms with van der Waals surface area (Å²) >= 11 is 0. The molecule has 0 aromatic rings. The van der Waals surface area contributed by atoms with Gasteiger partial charge in [-0.25, -0.2) is 0 Å². The Kier molecular flexibility index (Phi) is 2.39. The van der Waals surface area contributed by atoms with E-state index in [1.54, 1.807) is 0 Å². The Hall–Kier alpha value is -0.0400. The van der Waals surface area contributed by atoms with E-state index >= 15 is 0 Å². The molecule has 0 radical (unpaired) electrons. The Morgan fingerprint density at radius 3 is 2.00 bits per heavy atom. The lowest BCUT2D eigenvalue weighted by Crippen LogP contribution is -2.31. The molecule has 0 aromatic heterocycles. The Labute approximate surface area is 82.1 Å². The summed E-state index contributed by atoms with van der Waals surface area (Å²) in [5.41, 5.74) is 6.49. The summed E-state index contributed by atoms with van der Waals surface area (Å²) in [7, 11) is 0. The third-order valence-corrected chi connectivity index (χ3v) is 4.34. The van der Waals surface area contributed by atoms with Crippen molar-refractivity contribution in [2.45, 2.75) is 46.0 Å². The van der Waals surface area contributed by atoms with Gasteiger partial charge >= 0.3 is 0 Å². The molecule has 2 N–H and O–H groups in total. The van der Waals surface area contributed by atoms with Crippen LogP contribution in [0.15, 0.2) is 0 Å². The molecule has 0 aromatic carbocycles. The zero-order valence-electron chi connectivity index (χ0n) is 9.05. The summed E-state index contributed by atoms with van der Waals surface area (Å²) in [6.45, 7) is 5.77. The molecule has 2 unspecified atom stereocenters. The monoisotopic (exact) mass is 181 g/mol. The standard InChI is InChI=1S/C12H23N/c1-9-5-10(2)7-11(6-9)12(8-13)3-4-12/h9-11H,3-8,13H2,1-2H3. The van der Waals surface area contributed by atoms with E-state index in [0.29, 0.717) is 5.41 Å². The van der Waals surface area contributed by atoms with Gasteiger partial charge in [0.25, 0.3) is 0 Å². The molecule has 2 aliphatic carbocycles. The van der Waals surface area contributed by atoms with Gasteiger partial charge in [0.1, 0.15) is 0 Å². The van der Waals surface area contributed by atoms with Gasteiger partial charge in [0.05, 0.1) is 0 Å². The molecule has 1 nitrogen and oxygen atoms in total. The van der Waals surface area contributed by atoms with Crippen molar-refractivity contribution in [2.24, 2.45) is 28.9 Å². The molecule has 2 fully saturated rings. The molecular weight excluding hydrogens is 158 g/mol. The Morgan fingerprint density at radius 1 is 1.08 bits per heavy atom. The van der Waals surface area contributed by atoms with Gasteiger partial charge in [-0.1, -0.05) is 13.8 Å². The summed E-state index contributed by atoms with van der Waals surface area (Å²) in [5.74, 6) is 2.84. The van der Waals surface area contributed by atoms with Crippen LogP contribution in [0.1, 0.15) is 46.0 Å². The summed E-state index contributed by atoms with van der Waals surface area (Å²) in [6.07, 6.45) is 7.15. The fraction of sp³-hybridized carbons (Fsp3) is 1.00. The van der Waals surface area contributed by atoms with Gasteiger partial charge in [-0.3, -0.25) is 0 Å². The van der Waals surface area contributed by atoms with Crippen LogP contribution in [0, 0.1) is 23.2 Å². The van der Waals surface area contributed by atoms with E-state index < -0.39 is 0 Å². The summed E-state index contributed by atoms with van der Waals surface area (Å²) in [6, 6.07) is 0. The summed E-state index contributed by atoms with van der Waals surface area (Å²) < 4.78 is 0. The van der Waals surface area contributed by atoms with E-state index in [9.17, 15) is 0 Å². The smallest absolute Gasteiger partial charge is 0.00179 e. The average molecular weight is 181 g/mol. The van der Waals surface area contributed by atoms with E-state index in [1.807, 2.05) is 0 Å². The van der Waals surface area contributed by atoms with Crippen molar-refractivity contribution in [3.63, 3.8) is 0 Å². The van der Waals surface area contributed by atoms with Crippen molar-refractivity contribution in [3.8, 4) is 0 Å². The number of hydrogen-bond acceptors (Lipinski definition) is 1. The largest absolute Gasteiger partial charge is 0.330 e. The minimum Gasteiger partial charge on any atom is -0.330 e. The highest BCUT2D eigenvalue weighted by molar-refractivity contribution is 5.01. The second-order valence-corrected chi connectivity index (χ2v) is 5.68. The Bertz CT molecular complexity index is 174. The minimum atomic E-state index is 0.600. The van der Waals surface area contributed by atoms with Crippen LogP contribution in [0.2, 0.25) is 0 Å². The lowest BCUT2D eigenvalue weighted by molar-refractivity contribution is 0.150. The van der Waals surface area contributed by atoms with E-state index in [1.165, 1.54) is 32.1 Å². The topological polar surface area (TPSA) is 26.0 Å². The second kappa shape index (κ2) is 3.27. The molecule has 0 saturated heterocycles. The van der Waals surface area contributed by atoms with Crippen LogP contribution in [0.3, 0.4) is 0 Å². The highest BCUT2D eigenvalue weighted by atomic mass is 14.7. The van der Waals surface area contributed by atoms with E-state index in [4.69, 9.17) is 5.73 Å². The predicted octanol–water partition coefficient (Wildman–Crippen LogP) is 2.80. The first-order chi connectivity index (χ1) is 6.16. The zero-order valence-corrected chi connectivity index (χ0v) is 9.05. The first-order valence-electron chi connectivity index (χ1n) is 5.86. The zero-order chi connectivity index (χ0) is 9.47. The SMILES string of the molecule is CC1CC(C)CC(C2(CN)CC2)C1. The lowest BCUT2D eigenvalue weighted by Gasteiger charge is -2.36. The number of nitrogens with two attached hydrogens (primary N) is 1. The average Bonchev–Trinajstić information content (AvgIpc) is 2.82. The van der Waals surface area contributed by atoms with Crippen LogP contribution >= 0.6 is 0 Å². The van der Waals surface area contributed by atoms with Crippen LogP contribution < -0.4 is 5.73 Å². The van der Waals surface area contributed by atoms with E-state index in [0.717, 1.165) is 24.3 Å². The molecule has 0 amide bonds. The van der Waals surface area contributed by atoms with Crippen LogP contribution in [0.25, 0.3) is 0 Å². The predicted molar refractivity (Wildman–Crippen MR) is 56.4 cm³/mol. The van der Waals surface area contributed by atoms with Crippen LogP contribution in [0.4, 0.5) is 0 Å². The molecule has 0 spiro atoms. The van der Waals surface area contributed by atoms with Crippen molar-refractivity contribution < 1.29 is 0 Å². The van der Waals surface area contributed by atoms with Gasteiger partial charge < -0.3 is 5.73 Å². The van der Waals surface area contributed by atoms with Gasteiger partial charge in [-0.05, 0) is 61.8 Å². The minimum absolute atomic E-state index is 0.600. The summed E-state index contributed by atoms with van der Waals surface area (Å²) in [4.78, 5) is 0. The molecule has 0 aliphatic heterocycles. The van der Waals surface area contributed by atoms with E-state index in [-0.39, 0.29) is 0 Å². The van der Waals surface area contributed by atoms with Gasteiger partial charge in [0.2, 0.25) is 0 Å². The maximum absolute atomic E-state index is 5.89. The molecule has 0 bridgehead atoms. The van der Waals surface area contributed by atoms with Crippen molar-refractivity contribution >= 4 is 0 Å². The molecule has 13 heavy (non-hydrogen) atoms. The molecule has 2 aliphatic rings. The first-order valence-corrected chi connectivity index (χ1v) is 5.86. The molecule has 1 heteroatoms.